The number of fused-ring (bicyclic) bond motifs is 1. The molecule has 1 amide bonds. The molecular weight excluding hydrogens is 430 g/mol. The third-order valence-electron chi connectivity index (χ3n) is 5.52. The highest BCUT2D eigenvalue weighted by Crippen LogP contribution is 2.44. The van der Waals surface area contributed by atoms with Gasteiger partial charge in [0.05, 0.1) is 12.1 Å². The average molecular weight is 458 g/mol. The van der Waals surface area contributed by atoms with Crippen LogP contribution in [0.25, 0.3) is 0 Å². The van der Waals surface area contributed by atoms with Gasteiger partial charge in [-0.05, 0) is 35.6 Å². The molecule has 29 heavy (non-hydrogen) atoms. The number of halogens is 1. The van der Waals surface area contributed by atoms with Crippen LogP contribution in [-0.4, -0.2) is 23.3 Å². The van der Waals surface area contributed by atoms with Gasteiger partial charge in [-0.2, -0.15) is 0 Å². The third kappa shape index (κ3) is 4.17. The highest BCUT2D eigenvalue weighted by molar-refractivity contribution is 9.10. The fraction of sp³-hybridized carbons (Fsp3) is 0.417. The smallest absolute Gasteiger partial charge is 0.264 e. The Morgan fingerprint density at radius 2 is 1.79 bits per heavy atom. The first-order valence-corrected chi connectivity index (χ1v) is 10.9. The number of hydrogen-bond donors (Lipinski definition) is 1. The van der Waals surface area contributed by atoms with E-state index in [1.165, 1.54) is 0 Å². The van der Waals surface area contributed by atoms with Crippen LogP contribution in [-0.2, 0) is 15.8 Å². The first kappa shape index (κ1) is 21.7. The van der Waals surface area contributed by atoms with E-state index in [0.717, 1.165) is 22.9 Å². The highest BCUT2D eigenvalue weighted by Gasteiger charge is 2.50. The molecule has 2 aromatic carbocycles. The summed E-state index contributed by atoms with van der Waals surface area (Å²) >= 11 is 3.42. The number of carbonyl (C=O) groups is 2. The van der Waals surface area contributed by atoms with Crippen LogP contribution in [0.5, 0.6) is 0 Å². The molecule has 3 rings (SSSR count). The molecule has 0 radical (unpaired) electrons. The summed E-state index contributed by atoms with van der Waals surface area (Å²) < 4.78 is 0.766. The Hall–Kier alpha value is -1.98. The largest absolute Gasteiger partial charge is 0.375 e. The van der Waals surface area contributed by atoms with Crippen LogP contribution in [0.3, 0.4) is 0 Å². The SMILES string of the molecule is CCCCN1C(=O)[C@@](O)(CC(=O)c2ccc(C(C)(C)C)cc2)c2cc(Br)ccc21. The molecule has 1 heterocycles. The van der Waals surface area contributed by atoms with Crippen molar-refractivity contribution in [3.63, 3.8) is 0 Å². The molecule has 1 aliphatic rings. The molecule has 1 N–H and O–H groups in total. The number of amides is 1. The lowest BCUT2D eigenvalue weighted by Crippen LogP contribution is -2.42. The predicted molar refractivity (Wildman–Crippen MR) is 119 cm³/mol. The summed E-state index contributed by atoms with van der Waals surface area (Å²) in [5, 5.41) is 11.4. The van der Waals surface area contributed by atoms with Crippen LogP contribution in [0.1, 0.15) is 68.4 Å². The molecule has 0 aromatic heterocycles. The van der Waals surface area contributed by atoms with Gasteiger partial charge in [-0.3, -0.25) is 9.59 Å². The van der Waals surface area contributed by atoms with Crippen LogP contribution < -0.4 is 4.90 Å². The maximum atomic E-state index is 13.2. The zero-order valence-electron chi connectivity index (χ0n) is 17.5. The van der Waals surface area contributed by atoms with E-state index in [1.54, 1.807) is 23.1 Å². The zero-order chi connectivity index (χ0) is 21.4. The van der Waals surface area contributed by atoms with Gasteiger partial charge in [-0.15, -0.1) is 0 Å². The number of unbranched alkanes of at least 4 members (excludes halogenated alkanes) is 1. The number of hydrogen-bond acceptors (Lipinski definition) is 3. The van der Waals surface area contributed by atoms with Gasteiger partial charge in [0.1, 0.15) is 0 Å². The Bertz CT molecular complexity index is 930. The van der Waals surface area contributed by atoms with Gasteiger partial charge in [0.15, 0.2) is 11.4 Å². The van der Waals surface area contributed by atoms with Crippen LogP contribution in [0.2, 0.25) is 0 Å². The second kappa shape index (κ2) is 8.04. The van der Waals surface area contributed by atoms with E-state index >= 15 is 0 Å². The Kier molecular flexibility index (Phi) is 6.02. The van der Waals surface area contributed by atoms with Gasteiger partial charge in [0.2, 0.25) is 0 Å². The molecule has 0 saturated heterocycles. The lowest BCUT2D eigenvalue weighted by atomic mass is 9.85. The minimum Gasteiger partial charge on any atom is -0.375 e. The summed E-state index contributed by atoms with van der Waals surface area (Å²) in [5.41, 5.74) is 0.962. The van der Waals surface area contributed by atoms with Crippen molar-refractivity contribution < 1.29 is 14.7 Å². The van der Waals surface area contributed by atoms with Crippen molar-refractivity contribution in [3.8, 4) is 0 Å². The number of nitrogens with zero attached hydrogens (tertiary/aromatic N) is 1. The molecule has 0 bridgehead atoms. The highest BCUT2D eigenvalue weighted by atomic mass is 79.9. The molecular formula is C24H28BrNO3. The Morgan fingerprint density at radius 3 is 2.38 bits per heavy atom. The van der Waals surface area contributed by atoms with E-state index in [2.05, 4.69) is 43.6 Å². The van der Waals surface area contributed by atoms with Gasteiger partial charge in [-0.1, -0.05) is 74.3 Å². The Balaban J connectivity index is 1.92. The fourth-order valence-corrected chi connectivity index (χ4v) is 4.08. The van der Waals surface area contributed by atoms with E-state index in [4.69, 9.17) is 0 Å². The maximum absolute atomic E-state index is 13.2. The van der Waals surface area contributed by atoms with Crippen molar-refractivity contribution in [3.05, 3.63) is 63.6 Å². The first-order chi connectivity index (χ1) is 13.6. The van der Waals surface area contributed by atoms with Crippen molar-refractivity contribution in [1.29, 1.82) is 0 Å². The second-order valence-electron chi connectivity index (χ2n) is 8.76. The van der Waals surface area contributed by atoms with Crippen molar-refractivity contribution in [2.45, 2.75) is 58.0 Å². The zero-order valence-corrected chi connectivity index (χ0v) is 19.0. The molecule has 1 atom stereocenters. The number of carbonyl (C=O) groups excluding carboxylic acids is 2. The summed E-state index contributed by atoms with van der Waals surface area (Å²) in [5.74, 6) is -0.664. The van der Waals surface area contributed by atoms with Crippen LogP contribution in [0.15, 0.2) is 46.9 Å². The normalized spacial score (nSPS) is 18.8. The van der Waals surface area contributed by atoms with Gasteiger partial charge in [0, 0.05) is 22.1 Å². The van der Waals surface area contributed by atoms with Crippen LogP contribution in [0, 0.1) is 0 Å². The second-order valence-corrected chi connectivity index (χ2v) is 9.68. The minimum absolute atomic E-state index is 0.00774. The van der Waals surface area contributed by atoms with Crippen molar-refractivity contribution in [2.24, 2.45) is 0 Å². The molecule has 5 heteroatoms. The lowest BCUT2D eigenvalue weighted by Gasteiger charge is -2.23. The molecule has 4 nitrogen and oxygen atoms in total. The maximum Gasteiger partial charge on any atom is 0.264 e. The first-order valence-electron chi connectivity index (χ1n) is 10.1. The summed E-state index contributed by atoms with van der Waals surface area (Å²) in [6.45, 7) is 8.93. The monoisotopic (exact) mass is 457 g/mol. The summed E-state index contributed by atoms with van der Waals surface area (Å²) in [4.78, 5) is 27.8. The van der Waals surface area contributed by atoms with E-state index < -0.39 is 11.5 Å². The van der Waals surface area contributed by atoms with Gasteiger partial charge in [-0.25, -0.2) is 0 Å². The summed E-state index contributed by atoms with van der Waals surface area (Å²) in [6.07, 6.45) is 1.50. The average Bonchev–Trinajstić information content (AvgIpc) is 2.86. The van der Waals surface area contributed by atoms with Gasteiger partial charge < -0.3 is 10.0 Å². The molecule has 1 aliphatic heterocycles. The molecule has 0 fully saturated rings. The van der Waals surface area contributed by atoms with E-state index in [0.29, 0.717) is 23.4 Å². The van der Waals surface area contributed by atoms with Crippen LogP contribution >= 0.6 is 15.9 Å². The summed E-state index contributed by atoms with van der Waals surface area (Å²) in [6, 6.07) is 12.9. The Labute approximate surface area is 181 Å². The molecule has 154 valence electrons. The molecule has 0 saturated carbocycles. The minimum atomic E-state index is -1.84. The molecule has 0 aliphatic carbocycles. The quantitative estimate of drug-likeness (QED) is 0.594. The van der Waals surface area contributed by atoms with E-state index in [9.17, 15) is 14.7 Å². The van der Waals surface area contributed by atoms with Gasteiger partial charge >= 0.3 is 0 Å². The standard InChI is InChI=1S/C24H28BrNO3/c1-5-6-13-26-20-12-11-18(25)14-19(20)24(29,22(26)28)15-21(27)16-7-9-17(10-8-16)23(2,3)4/h7-12,14,29H,5-6,13,15H2,1-4H3/t24-/m1/s1. The number of benzene rings is 2. The van der Waals surface area contributed by atoms with Crippen LogP contribution in [0.4, 0.5) is 5.69 Å². The molecule has 0 spiro atoms. The fourth-order valence-electron chi connectivity index (χ4n) is 3.72. The summed E-state index contributed by atoms with van der Waals surface area (Å²) in [7, 11) is 0. The van der Waals surface area contributed by atoms with Gasteiger partial charge in [0.25, 0.3) is 5.91 Å². The third-order valence-corrected chi connectivity index (χ3v) is 6.01. The number of aliphatic hydroxyl groups is 1. The van der Waals surface area contributed by atoms with Crippen molar-refractivity contribution >= 4 is 33.3 Å². The molecule has 0 unspecified atom stereocenters. The molecule has 2 aromatic rings. The Morgan fingerprint density at radius 1 is 1.14 bits per heavy atom. The number of Topliss-reactive ketones (excluding diaryl/α,β-unsaturated/α-hetero) is 1. The van der Waals surface area contributed by atoms with E-state index in [1.807, 2.05) is 24.3 Å². The van der Waals surface area contributed by atoms with Crippen molar-refractivity contribution in [1.82, 2.24) is 0 Å². The van der Waals surface area contributed by atoms with Crippen molar-refractivity contribution in [2.75, 3.05) is 11.4 Å². The number of rotatable bonds is 6. The van der Waals surface area contributed by atoms with E-state index in [-0.39, 0.29) is 17.6 Å². The topological polar surface area (TPSA) is 57.6 Å². The number of anilines is 1. The lowest BCUT2D eigenvalue weighted by molar-refractivity contribution is -0.135. The number of ketones is 1. The predicted octanol–water partition coefficient (Wildman–Crippen LogP) is 5.35.